The van der Waals surface area contributed by atoms with E-state index >= 15 is 0 Å². The van der Waals surface area contributed by atoms with Gasteiger partial charge in [0.1, 0.15) is 5.58 Å². The number of rotatable bonds is 7. The van der Waals surface area contributed by atoms with Crippen molar-refractivity contribution in [2.75, 3.05) is 4.72 Å². The highest BCUT2D eigenvalue weighted by atomic mass is 35.5. The first-order valence-electron chi connectivity index (χ1n) is 9.08. The Kier molecular flexibility index (Phi) is 5.95. The second-order valence-corrected chi connectivity index (χ2v) is 9.67. The lowest BCUT2D eigenvalue weighted by Crippen LogP contribution is -2.12. The van der Waals surface area contributed by atoms with Crippen LogP contribution in [0, 0.1) is 0 Å². The highest BCUT2D eigenvalue weighted by molar-refractivity contribution is 7.98. The van der Waals surface area contributed by atoms with Gasteiger partial charge in [-0.3, -0.25) is 4.72 Å². The summed E-state index contributed by atoms with van der Waals surface area (Å²) in [7, 11) is -3.98. The maximum atomic E-state index is 12.9. The number of para-hydroxylation sites is 1. The molecule has 1 aromatic heterocycles. The van der Waals surface area contributed by atoms with Gasteiger partial charge in [0.2, 0.25) is 5.09 Å². The van der Waals surface area contributed by atoms with E-state index in [2.05, 4.69) is 4.72 Å². The molecule has 0 saturated carbocycles. The van der Waals surface area contributed by atoms with Crippen LogP contribution in [0.25, 0.3) is 11.0 Å². The van der Waals surface area contributed by atoms with Gasteiger partial charge in [-0.15, -0.1) is 11.8 Å². The first-order valence-corrected chi connectivity index (χ1v) is 11.9. The summed E-state index contributed by atoms with van der Waals surface area (Å²) in [5.41, 5.74) is 1.61. The first kappa shape index (κ1) is 21.3. The van der Waals surface area contributed by atoms with Crippen molar-refractivity contribution < 1.29 is 22.7 Å². The molecule has 31 heavy (non-hydrogen) atoms. The molecule has 6 nitrogen and oxygen atoms in total. The predicted octanol–water partition coefficient (Wildman–Crippen LogP) is 5.88. The van der Waals surface area contributed by atoms with E-state index in [4.69, 9.17) is 16.0 Å². The lowest BCUT2D eigenvalue weighted by atomic mass is 10.1. The zero-order chi connectivity index (χ0) is 22.0. The number of fused-ring (bicyclic) bond motifs is 1. The molecule has 0 spiro atoms. The fraction of sp³-hybridized carbons (Fsp3) is 0.0455. The number of hydrogen-bond acceptors (Lipinski definition) is 5. The zero-order valence-electron chi connectivity index (χ0n) is 15.9. The minimum absolute atomic E-state index is 0.196. The number of benzene rings is 3. The molecule has 1 heterocycles. The second-order valence-electron chi connectivity index (χ2n) is 6.60. The van der Waals surface area contributed by atoms with Crippen LogP contribution in [0.3, 0.4) is 0 Å². The number of anilines is 1. The Morgan fingerprint density at radius 1 is 1.03 bits per heavy atom. The van der Waals surface area contributed by atoms with Crippen molar-refractivity contribution >= 4 is 56.0 Å². The average molecular weight is 474 g/mol. The van der Waals surface area contributed by atoms with Crippen LogP contribution < -0.4 is 4.72 Å². The van der Waals surface area contributed by atoms with Crippen LogP contribution in [-0.4, -0.2) is 19.5 Å². The molecular weight excluding hydrogens is 458 g/mol. The molecular formula is C22H16ClNO5S2. The number of halogens is 1. The van der Waals surface area contributed by atoms with Gasteiger partial charge in [-0.2, -0.15) is 8.42 Å². The molecule has 0 aliphatic heterocycles. The van der Waals surface area contributed by atoms with Crippen molar-refractivity contribution in [3.63, 3.8) is 0 Å². The molecule has 4 aromatic rings. The number of sulfonamides is 1. The third kappa shape index (κ3) is 4.71. The standard InChI is InChI=1S/C22H16ClNO5S2/c23-16-9-10-18(20(12-16)30-13-15-6-1-3-7-17(15)22(25)26)24-31(27,28)21-11-14-5-2-4-8-19(14)29-21/h1-12,24H,13H2,(H,25,26). The van der Waals surface area contributed by atoms with E-state index in [1.807, 2.05) is 0 Å². The van der Waals surface area contributed by atoms with Crippen molar-refractivity contribution in [1.29, 1.82) is 0 Å². The normalized spacial score (nSPS) is 11.5. The van der Waals surface area contributed by atoms with E-state index in [0.717, 1.165) is 0 Å². The summed E-state index contributed by atoms with van der Waals surface area (Å²) in [6, 6.07) is 19.9. The van der Waals surface area contributed by atoms with Crippen molar-refractivity contribution in [1.82, 2.24) is 0 Å². The topological polar surface area (TPSA) is 96.6 Å². The molecule has 0 amide bonds. The second kappa shape index (κ2) is 8.66. The van der Waals surface area contributed by atoms with Crippen LogP contribution in [-0.2, 0) is 15.8 Å². The first-order chi connectivity index (χ1) is 14.8. The number of carbonyl (C=O) groups is 1. The zero-order valence-corrected chi connectivity index (χ0v) is 18.3. The molecule has 2 N–H and O–H groups in total. The molecule has 0 radical (unpaired) electrons. The number of hydrogen-bond donors (Lipinski definition) is 2. The van der Waals surface area contributed by atoms with Crippen LogP contribution >= 0.6 is 23.4 Å². The van der Waals surface area contributed by atoms with Crippen LogP contribution in [0.1, 0.15) is 15.9 Å². The van der Waals surface area contributed by atoms with E-state index in [1.165, 1.54) is 23.9 Å². The summed E-state index contributed by atoms with van der Waals surface area (Å²) < 4.78 is 33.8. The molecule has 0 unspecified atom stereocenters. The molecule has 0 atom stereocenters. The predicted molar refractivity (Wildman–Crippen MR) is 121 cm³/mol. The highest BCUT2D eigenvalue weighted by Gasteiger charge is 2.21. The molecule has 0 aliphatic carbocycles. The fourth-order valence-corrected chi connectivity index (χ4v) is 5.39. The lowest BCUT2D eigenvalue weighted by molar-refractivity contribution is 0.0696. The summed E-state index contributed by atoms with van der Waals surface area (Å²) in [5.74, 6) is -0.699. The highest BCUT2D eigenvalue weighted by Crippen LogP contribution is 2.35. The third-order valence-corrected chi connectivity index (χ3v) is 7.05. The molecule has 0 bridgehead atoms. The Morgan fingerprint density at radius 3 is 2.55 bits per heavy atom. The van der Waals surface area contributed by atoms with E-state index in [0.29, 0.717) is 37.9 Å². The Morgan fingerprint density at radius 2 is 1.77 bits per heavy atom. The maximum Gasteiger partial charge on any atom is 0.335 e. The Balaban J connectivity index is 1.62. The summed E-state index contributed by atoms with van der Waals surface area (Å²) in [5, 5.41) is 10.3. The van der Waals surface area contributed by atoms with E-state index in [1.54, 1.807) is 60.7 Å². The Labute approximate surface area is 187 Å². The Bertz CT molecular complexity index is 1350. The van der Waals surface area contributed by atoms with Crippen LogP contribution in [0.5, 0.6) is 0 Å². The summed E-state index contributed by atoms with van der Waals surface area (Å²) in [4.78, 5) is 12.0. The SMILES string of the molecule is O=C(O)c1ccccc1CSc1cc(Cl)ccc1NS(=O)(=O)c1cc2ccccc2o1. The summed E-state index contributed by atoms with van der Waals surface area (Å²) >= 11 is 7.40. The van der Waals surface area contributed by atoms with Gasteiger partial charge in [-0.1, -0.05) is 48.0 Å². The number of thioether (sulfide) groups is 1. The minimum Gasteiger partial charge on any atom is -0.478 e. The molecule has 3 aromatic carbocycles. The van der Waals surface area contributed by atoms with Gasteiger partial charge < -0.3 is 9.52 Å². The molecule has 158 valence electrons. The number of carboxylic acids is 1. The van der Waals surface area contributed by atoms with Gasteiger partial charge >= 0.3 is 5.97 Å². The monoisotopic (exact) mass is 473 g/mol. The molecule has 0 saturated heterocycles. The molecule has 0 fully saturated rings. The van der Waals surface area contributed by atoms with Crippen molar-refractivity contribution in [3.05, 3.63) is 88.9 Å². The Hall–Kier alpha value is -2.94. The van der Waals surface area contributed by atoms with Crippen molar-refractivity contribution in [3.8, 4) is 0 Å². The maximum absolute atomic E-state index is 12.9. The lowest BCUT2D eigenvalue weighted by Gasteiger charge is -2.12. The van der Waals surface area contributed by atoms with Crippen LogP contribution in [0.2, 0.25) is 5.02 Å². The van der Waals surface area contributed by atoms with Gasteiger partial charge in [-0.25, -0.2) is 4.79 Å². The average Bonchev–Trinajstić information content (AvgIpc) is 3.19. The minimum atomic E-state index is -3.98. The van der Waals surface area contributed by atoms with Crippen molar-refractivity contribution in [2.24, 2.45) is 0 Å². The summed E-state index contributed by atoms with van der Waals surface area (Å²) in [6.45, 7) is 0. The smallest absolute Gasteiger partial charge is 0.335 e. The third-order valence-electron chi connectivity index (χ3n) is 4.49. The number of nitrogens with one attached hydrogen (secondary N) is 1. The fourth-order valence-electron chi connectivity index (χ4n) is 3.00. The van der Waals surface area contributed by atoms with Gasteiger partial charge in [0.05, 0.1) is 11.3 Å². The number of furan rings is 1. The van der Waals surface area contributed by atoms with Crippen LogP contribution in [0.4, 0.5) is 5.69 Å². The molecule has 0 aliphatic rings. The van der Waals surface area contributed by atoms with Gasteiger partial charge in [0.15, 0.2) is 0 Å². The molecule has 9 heteroatoms. The number of carboxylic acid groups (broad SMARTS) is 1. The van der Waals surface area contributed by atoms with E-state index in [9.17, 15) is 18.3 Å². The van der Waals surface area contributed by atoms with E-state index in [-0.39, 0.29) is 10.7 Å². The van der Waals surface area contributed by atoms with Gasteiger partial charge in [0.25, 0.3) is 10.0 Å². The van der Waals surface area contributed by atoms with Crippen molar-refractivity contribution in [2.45, 2.75) is 15.7 Å². The van der Waals surface area contributed by atoms with Gasteiger partial charge in [0, 0.05) is 27.1 Å². The quantitative estimate of drug-likeness (QED) is 0.325. The number of aromatic carboxylic acids is 1. The van der Waals surface area contributed by atoms with Crippen LogP contribution in [0.15, 0.2) is 87.2 Å². The summed E-state index contributed by atoms with van der Waals surface area (Å²) in [6.07, 6.45) is 0. The van der Waals surface area contributed by atoms with Gasteiger partial charge in [-0.05, 0) is 35.9 Å². The molecule has 4 rings (SSSR count). The largest absolute Gasteiger partial charge is 0.478 e. The van der Waals surface area contributed by atoms with E-state index < -0.39 is 16.0 Å².